The van der Waals surface area contributed by atoms with E-state index in [-0.39, 0.29) is 30.8 Å². The number of nitrogens with one attached hydrogen (secondary N) is 1. The summed E-state index contributed by atoms with van der Waals surface area (Å²) in [5.41, 5.74) is 3.89. The molecule has 35 heavy (non-hydrogen) atoms. The summed E-state index contributed by atoms with van der Waals surface area (Å²) in [5.74, 6) is -0.173. The number of amides is 2. The Morgan fingerprint density at radius 1 is 0.914 bits per heavy atom. The maximum absolute atomic E-state index is 13.9. The number of carbonyl (C=O) groups excluding carboxylic acids is 2. The Morgan fingerprint density at radius 2 is 1.54 bits per heavy atom. The molecule has 5 heteroatoms. The first-order chi connectivity index (χ1) is 17.0. The van der Waals surface area contributed by atoms with Crippen LogP contribution in [0.5, 0.6) is 0 Å². The van der Waals surface area contributed by atoms with Gasteiger partial charge in [0.25, 0.3) is 0 Å². The van der Waals surface area contributed by atoms with Crippen molar-refractivity contribution in [1.82, 2.24) is 10.2 Å². The molecule has 0 heterocycles. The van der Waals surface area contributed by atoms with Crippen LogP contribution in [-0.4, -0.2) is 28.8 Å². The number of hydrogen-bond acceptors (Lipinski definition) is 2. The molecular weight excluding hydrogens is 456 g/mol. The van der Waals surface area contributed by atoms with Gasteiger partial charge in [0, 0.05) is 24.0 Å². The molecule has 0 bridgehead atoms. The number of halogens is 1. The third-order valence-electron chi connectivity index (χ3n) is 6.87. The van der Waals surface area contributed by atoms with Gasteiger partial charge in [0.2, 0.25) is 11.8 Å². The van der Waals surface area contributed by atoms with E-state index in [0.29, 0.717) is 11.4 Å². The van der Waals surface area contributed by atoms with Crippen LogP contribution >= 0.6 is 11.6 Å². The van der Waals surface area contributed by atoms with Gasteiger partial charge in [0.05, 0.1) is 6.42 Å². The van der Waals surface area contributed by atoms with Gasteiger partial charge in [-0.3, -0.25) is 9.59 Å². The molecule has 1 atom stereocenters. The van der Waals surface area contributed by atoms with Crippen LogP contribution < -0.4 is 5.32 Å². The number of rotatable bonds is 9. The van der Waals surface area contributed by atoms with Crippen LogP contribution in [0, 0.1) is 6.92 Å². The summed E-state index contributed by atoms with van der Waals surface area (Å²) >= 11 is 6.50. The summed E-state index contributed by atoms with van der Waals surface area (Å²) in [4.78, 5) is 29.3. The number of benzene rings is 3. The molecule has 1 aliphatic carbocycles. The fraction of sp³-hybridized carbons (Fsp3) is 0.333. The molecule has 1 unspecified atom stereocenters. The van der Waals surface area contributed by atoms with Crippen molar-refractivity contribution in [2.75, 3.05) is 0 Å². The second-order valence-corrected chi connectivity index (χ2v) is 9.82. The Morgan fingerprint density at radius 3 is 2.23 bits per heavy atom. The molecule has 0 aliphatic heterocycles. The molecule has 4 rings (SSSR count). The average Bonchev–Trinajstić information content (AvgIpc) is 3.37. The van der Waals surface area contributed by atoms with E-state index in [9.17, 15) is 9.59 Å². The molecule has 0 aromatic heterocycles. The average molecular weight is 489 g/mol. The van der Waals surface area contributed by atoms with Crippen molar-refractivity contribution in [2.24, 2.45) is 0 Å². The van der Waals surface area contributed by atoms with Crippen LogP contribution in [0.3, 0.4) is 0 Å². The van der Waals surface area contributed by atoms with Crippen LogP contribution in [0.1, 0.15) is 47.9 Å². The largest absolute Gasteiger partial charge is 0.352 e. The minimum absolute atomic E-state index is 0.0817. The molecule has 3 aromatic carbocycles. The summed E-state index contributed by atoms with van der Waals surface area (Å²) in [6.07, 6.45) is 4.92. The van der Waals surface area contributed by atoms with E-state index < -0.39 is 6.04 Å². The third-order valence-corrected chi connectivity index (χ3v) is 7.24. The molecule has 0 spiro atoms. The predicted molar refractivity (Wildman–Crippen MR) is 141 cm³/mol. The lowest BCUT2D eigenvalue weighted by atomic mass is 10.00. The molecule has 0 saturated heterocycles. The van der Waals surface area contributed by atoms with Gasteiger partial charge in [-0.15, -0.1) is 0 Å². The van der Waals surface area contributed by atoms with Crippen molar-refractivity contribution in [3.05, 3.63) is 106 Å². The van der Waals surface area contributed by atoms with Crippen molar-refractivity contribution in [2.45, 2.75) is 64.1 Å². The van der Waals surface area contributed by atoms with Crippen LogP contribution in [0.2, 0.25) is 5.02 Å². The van der Waals surface area contributed by atoms with Crippen LogP contribution in [-0.2, 0) is 29.0 Å². The molecule has 3 aromatic rings. The standard InChI is InChI=1S/C30H33ClN2O2/c1-22-11-5-6-14-24(22)20-29(34)33(21-25-15-7-10-18-27(25)31)28(19-23-12-3-2-4-13-23)30(35)32-26-16-8-9-17-26/h2-7,10-15,18,26,28H,8-9,16-17,19-21H2,1H3,(H,32,35). The van der Waals surface area contributed by atoms with E-state index in [4.69, 9.17) is 11.6 Å². The second-order valence-electron chi connectivity index (χ2n) is 9.41. The van der Waals surface area contributed by atoms with Gasteiger partial charge >= 0.3 is 0 Å². The Bertz CT molecular complexity index is 1140. The lowest BCUT2D eigenvalue weighted by Crippen LogP contribution is -2.52. The highest BCUT2D eigenvalue weighted by atomic mass is 35.5. The lowest BCUT2D eigenvalue weighted by Gasteiger charge is -2.33. The predicted octanol–water partition coefficient (Wildman–Crippen LogP) is 5.89. The van der Waals surface area contributed by atoms with Crippen LogP contribution in [0.25, 0.3) is 0 Å². The van der Waals surface area contributed by atoms with E-state index in [1.54, 1.807) is 4.90 Å². The Balaban J connectivity index is 1.68. The first-order valence-electron chi connectivity index (χ1n) is 12.4. The molecular formula is C30H33ClN2O2. The van der Waals surface area contributed by atoms with Crippen LogP contribution in [0.4, 0.5) is 0 Å². The van der Waals surface area contributed by atoms with Gasteiger partial charge in [-0.05, 0) is 48.1 Å². The van der Waals surface area contributed by atoms with Crippen molar-refractivity contribution in [3.8, 4) is 0 Å². The summed E-state index contributed by atoms with van der Waals surface area (Å²) in [7, 11) is 0. The number of nitrogens with zero attached hydrogens (tertiary/aromatic N) is 1. The quantitative estimate of drug-likeness (QED) is 0.408. The van der Waals surface area contributed by atoms with Gasteiger partial charge in [-0.2, -0.15) is 0 Å². The van der Waals surface area contributed by atoms with E-state index in [1.807, 2.05) is 85.8 Å². The molecule has 1 N–H and O–H groups in total. The Hall–Kier alpha value is -3.11. The number of aryl methyl sites for hydroxylation is 1. The molecule has 0 radical (unpaired) electrons. The highest BCUT2D eigenvalue weighted by Crippen LogP contribution is 2.23. The van der Waals surface area contributed by atoms with Crippen molar-refractivity contribution in [3.63, 3.8) is 0 Å². The zero-order valence-corrected chi connectivity index (χ0v) is 21.0. The molecule has 1 aliphatic rings. The van der Waals surface area contributed by atoms with E-state index in [1.165, 1.54) is 0 Å². The zero-order chi connectivity index (χ0) is 24.6. The molecule has 4 nitrogen and oxygen atoms in total. The number of carbonyl (C=O) groups is 2. The Kier molecular flexibility index (Phi) is 8.59. The summed E-state index contributed by atoms with van der Waals surface area (Å²) < 4.78 is 0. The summed E-state index contributed by atoms with van der Waals surface area (Å²) in [6, 6.07) is 24.9. The third kappa shape index (κ3) is 6.73. The molecule has 2 amide bonds. The molecule has 1 fully saturated rings. The number of hydrogen-bond donors (Lipinski definition) is 1. The van der Waals surface area contributed by atoms with Gasteiger partial charge in [-0.25, -0.2) is 0 Å². The van der Waals surface area contributed by atoms with E-state index in [0.717, 1.165) is 47.9 Å². The first kappa shape index (κ1) is 25.0. The highest BCUT2D eigenvalue weighted by molar-refractivity contribution is 6.31. The summed E-state index contributed by atoms with van der Waals surface area (Å²) in [6.45, 7) is 2.29. The lowest BCUT2D eigenvalue weighted by molar-refractivity contribution is -0.141. The second kappa shape index (κ2) is 12.0. The van der Waals surface area contributed by atoms with Crippen LogP contribution in [0.15, 0.2) is 78.9 Å². The van der Waals surface area contributed by atoms with Crippen molar-refractivity contribution >= 4 is 23.4 Å². The zero-order valence-electron chi connectivity index (χ0n) is 20.3. The topological polar surface area (TPSA) is 49.4 Å². The van der Waals surface area contributed by atoms with E-state index >= 15 is 0 Å². The minimum atomic E-state index is -0.634. The van der Waals surface area contributed by atoms with Gasteiger partial charge in [0.1, 0.15) is 6.04 Å². The monoisotopic (exact) mass is 488 g/mol. The van der Waals surface area contributed by atoms with Crippen molar-refractivity contribution in [1.29, 1.82) is 0 Å². The van der Waals surface area contributed by atoms with Crippen molar-refractivity contribution < 1.29 is 9.59 Å². The minimum Gasteiger partial charge on any atom is -0.352 e. The summed E-state index contributed by atoms with van der Waals surface area (Å²) in [5, 5.41) is 3.84. The van der Waals surface area contributed by atoms with E-state index in [2.05, 4.69) is 5.32 Å². The fourth-order valence-electron chi connectivity index (χ4n) is 4.80. The van der Waals surface area contributed by atoms with Gasteiger partial charge in [-0.1, -0.05) is 97.2 Å². The SMILES string of the molecule is Cc1ccccc1CC(=O)N(Cc1ccccc1Cl)C(Cc1ccccc1)C(=O)NC1CCCC1. The first-order valence-corrected chi connectivity index (χ1v) is 12.8. The Labute approximate surface area is 213 Å². The normalized spacial score (nSPS) is 14.5. The molecule has 1 saturated carbocycles. The highest BCUT2D eigenvalue weighted by Gasteiger charge is 2.32. The molecule has 182 valence electrons. The smallest absolute Gasteiger partial charge is 0.243 e. The van der Waals surface area contributed by atoms with Gasteiger partial charge < -0.3 is 10.2 Å². The fourth-order valence-corrected chi connectivity index (χ4v) is 5.00. The van der Waals surface area contributed by atoms with Gasteiger partial charge in [0.15, 0.2) is 0 Å². The maximum Gasteiger partial charge on any atom is 0.243 e. The maximum atomic E-state index is 13.9.